The van der Waals surface area contributed by atoms with Gasteiger partial charge in [-0.1, -0.05) is 30.3 Å². The van der Waals surface area contributed by atoms with Crippen LogP contribution >= 0.6 is 0 Å². The van der Waals surface area contributed by atoms with E-state index in [9.17, 15) is 23.7 Å². The molecule has 3 aliphatic rings. The lowest BCUT2D eigenvalue weighted by Gasteiger charge is -2.40. The lowest BCUT2D eigenvalue weighted by atomic mass is 9.86. The standard InChI is InChI=1S/C26H32O8S/c1-35(30,31)26-24(29)22(27)23(28)25(34-26)17-6-7-20(19-13-32-14-19)18(12-17)11-15-5-8-21-16(10-15)4-2-3-9-33-21/h5-8,10,12,19,22-29H,2-4,9,11,13-14H2,1H3/t22-,23-,24+,25+,26+/m1/s1. The van der Waals surface area contributed by atoms with Gasteiger partial charge in [-0.05, 0) is 59.6 Å². The summed E-state index contributed by atoms with van der Waals surface area (Å²) in [6.45, 7) is 2.00. The first kappa shape index (κ1) is 24.7. The van der Waals surface area contributed by atoms with E-state index in [1.165, 1.54) is 5.56 Å². The summed E-state index contributed by atoms with van der Waals surface area (Å²) in [4.78, 5) is 0. The maximum atomic E-state index is 12.2. The van der Waals surface area contributed by atoms with E-state index < -0.39 is 39.7 Å². The van der Waals surface area contributed by atoms with Crippen LogP contribution in [-0.4, -0.2) is 73.6 Å². The van der Waals surface area contributed by atoms with Gasteiger partial charge in [-0.15, -0.1) is 0 Å². The van der Waals surface area contributed by atoms with E-state index in [1.54, 1.807) is 6.07 Å². The van der Waals surface area contributed by atoms with Crippen LogP contribution in [0.1, 0.15) is 52.7 Å². The Morgan fingerprint density at radius 2 is 1.77 bits per heavy atom. The molecule has 0 aromatic heterocycles. The Bertz CT molecular complexity index is 1180. The number of benzene rings is 2. The Kier molecular flexibility index (Phi) is 6.91. The molecule has 2 fully saturated rings. The molecule has 3 heterocycles. The maximum Gasteiger partial charge on any atom is 0.187 e. The van der Waals surface area contributed by atoms with Crippen molar-refractivity contribution >= 4 is 9.84 Å². The van der Waals surface area contributed by atoms with Gasteiger partial charge >= 0.3 is 0 Å². The molecular weight excluding hydrogens is 472 g/mol. The number of aryl methyl sites for hydroxylation is 1. The van der Waals surface area contributed by atoms with Crippen LogP contribution in [0.5, 0.6) is 5.75 Å². The Balaban J connectivity index is 1.48. The first-order chi connectivity index (χ1) is 16.7. The first-order valence-corrected chi connectivity index (χ1v) is 14.0. The Labute approximate surface area is 205 Å². The highest BCUT2D eigenvalue weighted by Gasteiger charge is 2.48. The molecule has 0 radical (unpaired) electrons. The minimum Gasteiger partial charge on any atom is -0.493 e. The maximum absolute atomic E-state index is 12.2. The predicted octanol–water partition coefficient (Wildman–Crippen LogP) is 1.63. The summed E-state index contributed by atoms with van der Waals surface area (Å²) in [5.41, 5.74) is 3.41. The van der Waals surface area contributed by atoms with Gasteiger partial charge in [0.2, 0.25) is 0 Å². The highest BCUT2D eigenvalue weighted by Crippen LogP contribution is 2.37. The van der Waals surface area contributed by atoms with Crippen molar-refractivity contribution in [2.45, 2.75) is 61.5 Å². The number of aliphatic hydroxyl groups is 3. The lowest BCUT2D eigenvalue weighted by Crippen LogP contribution is -2.56. The second-order valence-electron chi connectivity index (χ2n) is 9.84. The van der Waals surface area contributed by atoms with Crippen molar-refractivity contribution in [1.29, 1.82) is 0 Å². The van der Waals surface area contributed by atoms with E-state index in [2.05, 4.69) is 12.1 Å². The third kappa shape index (κ3) is 4.98. The lowest BCUT2D eigenvalue weighted by molar-refractivity contribution is -0.202. The third-order valence-corrected chi connectivity index (χ3v) is 8.42. The summed E-state index contributed by atoms with van der Waals surface area (Å²) in [7, 11) is -3.83. The molecule has 190 valence electrons. The monoisotopic (exact) mass is 504 g/mol. The number of aliphatic hydroxyl groups excluding tert-OH is 3. The molecule has 2 aromatic rings. The zero-order chi connectivity index (χ0) is 24.7. The van der Waals surface area contributed by atoms with Gasteiger partial charge in [0.05, 0.1) is 19.8 Å². The number of rotatable bonds is 5. The molecule has 8 nitrogen and oxygen atoms in total. The predicted molar refractivity (Wildman–Crippen MR) is 128 cm³/mol. The SMILES string of the molecule is CS(=O)(=O)[C@@H]1O[C@@H](c2ccc(C3COC3)c(Cc3ccc4c(c3)CCCCO4)c2)[C@H](O)[C@@H](O)[C@@H]1O. The van der Waals surface area contributed by atoms with Crippen molar-refractivity contribution in [3.63, 3.8) is 0 Å². The van der Waals surface area contributed by atoms with Crippen molar-refractivity contribution in [2.75, 3.05) is 26.1 Å². The van der Waals surface area contributed by atoms with Gasteiger partial charge in [0.25, 0.3) is 0 Å². The van der Waals surface area contributed by atoms with Crippen LogP contribution in [-0.2, 0) is 32.2 Å². The summed E-state index contributed by atoms with van der Waals surface area (Å²) >= 11 is 0. The van der Waals surface area contributed by atoms with Gasteiger partial charge in [-0.25, -0.2) is 8.42 Å². The number of hydrogen-bond acceptors (Lipinski definition) is 8. The van der Waals surface area contributed by atoms with Gasteiger partial charge < -0.3 is 29.5 Å². The van der Waals surface area contributed by atoms with Gasteiger partial charge in [0, 0.05) is 12.2 Å². The topological polar surface area (TPSA) is 123 Å². The summed E-state index contributed by atoms with van der Waals surface area (Å²) in [6.07, 6.45) is -1.28. The molecule has 9 heteroatoms. The van der Waals surface area contributed by atoms with Gasteiger partial charge in [0.1, 0.15) is 30.2 Å². The normalized spacial score (nSPS) is 29.5. The Morgan fingerprint density at radius 3 is 2.49 bits per heavy atom. The summed E-state index contributed by atoms with van der Waals surface area (Å²) in [6, 6.07) is 11.9. The highest BCUT2D eigenvalue weighted by molar-refractivity contribution is 7.91. The zero-order valence-electron chi connectivity index (χ0n) is 19.7. The fourth-order valence-electron chi connectivity index (χ4n) is 5.15. The van der Waals surface area contributed by atoms with Crippen LogP contribution in [0.15, 0.2) is 36.4 Å². The Morgan fingerprint density at radius 1 is 0.971 bits per heavy atom. The van der Waals surface area contributed by atoms with Gasteiger partial charge in [-0.3, -0.25) is 0 Å². The minimum atomic E-state index is -3.83. The molecule has 0 aliphatic carbocycles. The van der Waals surface area contributed by atoms with Crippen LogP contribution in [0.2, 0.25) is 0 Å². The highest BCUT2D eigenvalue weighted by atomic mass is 32.2. The van der Waals surface area contributed by atoms with Crippen LogP contribution in [0, 0.1) is 0 Å². The van der Waals surface area contributed by atoms with Crippen LogP contribution in [0.3, 0.4) is 0 Å². The van der Waals surface area contributed by atoms with Crippen LogP contribution < -0.4 is 4.74 Å². The molecule has 0 spiro atoms. The number of ether oxygens (including phenoxy) is 3. The number of hydrogen-bond donors (Lipinski definition) is 3. The molecule has 2 saturated heterocycles. The quantitative estimate of drug-likeness (QED) is 0.562. The van der Waals surface area contributed by atoms with Crippen molar-refractivity contribution in [1.82, 2.24) is 0 Å². The Hall–Kier alpha value is -2.01. The van der Waals surface area contributed by atoms with Gasteiger partial charge in [-0.2, -0.15) is 0 Å². The third-order valence-electron chi connectivity index (χ3n) is 7.18. The van der Waals surface area contributed by atoms with Crippen molar-refractivity contribution in [3.05, 3.63) is 64.2 Å². The van der Waals surface area contributed by atoms with Crippen molar-refractivity contribution in [2.24, 2.45) is 0 Å². The van der Waals surface area contributed by atoms with Crippen LogP contribution in [0.25, 0.3) is 0 Å². The van der Waals surface area contributed by atoms with Crippen LogP contribution in [0.4, 0.5) is 0 Å². The second kappa shape index (κ2) is 9.80. The summed E-state index contributed by atoms with van der Waals surface area (Å²) in [5, 5.41) is 31.2. The van der Waals surface area contributed by atoms with E-state index in [-0.39, 0.29) is 5.92 Å². The average molecular weight is 505 g/mol. The molecule has 3 N–H and O–H groups in total. The first-order valence-electron chi connectivity index (χ1n) is 12.1. The fraction of sp³-hybridized carbons (Fsp3) is 0.538. The minimum absolute atomic E-state index is 0.261. The fourth-order valence-corrected chi connectivity index (χ4v) is 6.13. The molecular formula is C26H32O8S. The molecule has 5 rings (SSSR count). The smallest absolute Gasteiger partial charge is 0.187 e. The molecule has 5 atom stereocenters. The molecule has 2 aromatic carbocycles. The van der Waals surface area contributed by atoms with Gasteiger partial charge in [0.15, 0.2) is 15.3 Å². The molecule has 3 aliphatic heterocycles. The number of fused-ring (bicyclic) bond motifs is 1. The van der Waals surface area contributed by atoms with E-state index in [4.69, 9.17) is 14.2 Å². The van der Waals surface area contributed by atoms with E-state index in [1.807, 2.05) is 18.2 Å². The van der Waals surface area contributed by atoms with E-state index in [0.29, 0.717) is 25.2 Å². The second-order valence-corrected chi connectivity index (χ2v) is 12.0. The summed E-state index contributed by atoms with van der Waals surface area (Å²) < 4.78 is 41.3. The van der Waals surface area contributed by atoms with Crippen molar-refractivity contribution in [3.8, 4) is 5.75 Å². The van der Waals surface area contributed by atoms with E-state index >= 15 is 0 Å². The average Bonchev–Trinajstić information content (AvgIpc) is 3.02. The van der Waals surface area contributed by atoms with Crippen molar-refractivity contribution < 1.29 is 37.9 Å². The summed E-state index contributed by atoms with van der Waals surface area (Å²) in [5.74, 6) is 1.20. The number of sulfone groups is 1. The zero-order valence-corrected chi connectivity index (χ0v) is 20.5. The molecule has 0 amide bonds. The van der Waals surface area contributed by atoms with E-state index in [0.717, 1.165) is 54.6 Å². The molecule has 0 saturated carbocycles. The molecule has 0 bridgehead atoms. The molecule has 35 heavy (non-hydrogen) atoms. The molecule has 0 unspecified atom stereocenters. The largest absolute Gasteiger partial charge is 0.493 e.